The molecular weight excluding hydrogens is 382 g/mol. The van der Waals surface area contributed by atoms with Gasteiger partial charge in [-0.25, -0.2) is 0 Å². The number of nitrogens with one attached hydrogen (secondary N) is 1. The smallest absolute Gasteiger partial charge is 0.214 e. The zero-order valence-electron chi connectivity index (χ0n) is 16.6. The van der Waals surface area contributed by atoms with E-state index in [0.29, 0.717) is 28.6 Å². The van der Waals surface area contributed by atoms with Crippen molar-refractivity contribution in [2.45, 2.75) is 0 Å². The first kappa shape index (κ1) is 22.9. The van der Waals surface area contributed by atoms with Gasteiger partial charge in [0.2, 0.25) is 10.3 Å². The summed E-state index contributed by atoms with van der Waals surface area (Å²) in [6.45, 7) is 3.70. The predicted molar refractivity (Wildman–Crippen MR) is 113 cm³/mol. The zero-order chi connectivity index (χ0) is 21.1. The maximum Gasteiger partial charge on any atom is 0.214 e. The van der Waals surface area contributed by atoms with Crippen LogP contribution in [0.4, 0.5) is 5.69 Å². The molecule has 0 amide bonds. The molecule has 7 nitrogen and oxygen atoms in total. The molecule has 0 aliphatic carbocycles. The second kappa shape index (κ2) is 11.6. The van der Waals surface area contributed by atoms with Crippen LogP contribution in [0.3, 0.4) is 0 Å². The van der Waals surface area contributed by atoms with Gasteiger partial charge in [0.1, 0.15) is 23.0 Å². The van der Waals surface area contributed by atoms with Crippen molar-refractivity contribution in [1.29, 1.82) is 0 Å². The third-order valence-electron chi connectivity index (χ3n) is 3.68. The van der Waals surface area contributed by atoms with E-state index in [2.05, 4.69) is 11.9 Å². The first-order valence-electron chi connectivity index (χ1n) is 8.15. The molecule has 8 heteroatoms. The maximum atomic E-state index is 10.4. The SMILES string of the molecule is C=Cc1c(OC)cc(OC)cc1OC.CNc1cc(C=S(=O)=O)ccc1OC. The minimum Gasteiger partial charge on any atom is -0.496 e. The molecule has 28 heavy (non-hydrogen) atoms. The van der Waals surface area contributed by atoms with Crippen LogP contribution in [0.1, 0.15) is 11.1 Å². The molecule has 0 radical (unpaired) electrons. The highest BCUT2D eigenvalue weighted by Gasteiger charge is 2.09. The minimum atomic E-state index is -2.18. The molecule has 0 heterocycles. The van der Waals surface area contributed by atoms with Crippen LogP contribution >= 0.6 is 0 Å². The van der Waals surface area contributed by atoms with Crippen LogP contribution in [-0.2, 0) is 10.3 Å². The number of methoxy groups -OCH3 is 4. The molecular formula is C20H25NO6S. The first-order valence-corrected chi connectivity index (χ1v) is 9.28. The molecule has 0 bridgehead atoms. The molecule has 0 aliphatic rings. The lowest BCUT2D eigenvalue weighted by Gasteiger charge is -2.11. The summed E-state index contributed by atoms with van der Waals surface area (Å²) in [5.74, 6) is 2.76. The summed E-state index contributed by atoms with van der Waals surface area (Å²) in [7, 11) is 5.92. The van der Waals surface area contributed by atoms with E-state index in [1.165, 1.54) is 0 Å². The summed E-state index contributed by atoms with van der Waals surface area (Å²) in [5.41, 5.74) is 2.20. The van der Waals surface area contributed by atoms with Crippen LogP contribution in [-0.4, -0.2) is 49.3 Å². The predicted octanol–water partition coefficient (Wildman–Crippen LogP) is 3.12. The lowest BCUT2D eigenvalue weighted by atomic mass is 10.1. The normalized spacial score (nSPS) is 9.32. The average Bonchev–Trinajstić information content (AvgIpc) is 2.72. The summed E-state index contributed by atoms with van der Waals surface area (Å²) in [6.07, 6.45) is 1.69. The highest BCUT2D eigenvalue weighted by molar-refractivity contribution is 7.71. The van der Waals surface area contributed by atoms with Gasteiger partial charge in [-0.3, -0.25) is 0 Å². The molecule has 2 aromatic carbocycles. The van der Waals surface area contributed by atoms with Crippen molar-refractivity contribution in [2.24, 2.45) is 0 Å². The van der Waals surface area contributed by atoms with E-state index in [-0.39, 0.29) is 0 Å². The molecule has 0 aromatic heterocycles. The van der Waals surface area contributed by atoms with Crippen molar-refractivity contribution in [3.8, 4) is 23.0 Å². The number of rotatable bonds is 7. The van der Waals surface area contributed by atoms with Gasteiger partial charge in [0, 0.05) is 19.2 Å². The van der Waals surface area contributed by atoms with Crippen LogP contribution in [0.15, 0.2) is 36.9 Å². The number of benzene rings is 2. The van der Waals surface area contributed by atoms with Gasteiger partial charge in [-0.1, -0.05) is 18.7 Å². The quantitative estimate of drug-likeness (QED) is 0.706. The zero-order valence-corrected chi connectivity index (χ0v) is 17.4. The Morgan fingerprint density at radius 3 is 1.86 bits per heavy atom. The lowest BCUT2D eigenvalue weighted by molar-refractivity contribution is 0.374. The molecule has 0 fully saturated rings. The Balaban J connectivity index is 0.000000280. The molecule has 2 aromatic rings. The summed E-state index contributed by atoms with van der Waals surface area (Å²) in [6, 6.07) is 8.67. The van der Waals surface area contributed by atoms with Crippen LogP contribution < -0.4 is 24.3 Å². The Morgan fingerprint density at radius 1 is 0.893 bits per heavy atom. The molecule has 0 saturated heterocycles. The molecule has 2 rings (SSSR count). The standard InChI is InChI=1S/C11H14O3.C9H11NO3S/c1-5-9-10(13-3)6-8(12-2)7-11(9)14-4;1-10-8-5-7(6-14(11)12)3-4-9(8)13-2/h5-7H,1H2,2-4H3;3-6,10H,1-2H3. The third-order valence-corrected chi connectivity index (χ3v) is 4.15. The summed E-state index contributed by atoms with van der Waals surface area (Å²) < 4.78 is 41.4. The number of anilines is 1. The van der Waals surface area contributed by atoms with E-state index in [0.717, 1.165) is 16.6 Å². The fraction of sp³-hybridized carbons (Fsp3) is 0.250. The van der Waals surface area contributed by atoms with Crippen molar-refractivity contribution < 1.29 is 27.4 Å². The molecule has 0 aliphatic heterocycles. The van der Waals surface area contributed by atoms with E-state index in [1.54, 1.807) is 71.9 Å². The molecule has 0 saturated carbocycles. The van der Waals surface area contributed by atoms with Crippen LogP contribution in [0.2, 0.25) is 0 Å². The van der Waals surface area contributed by atoms with Crippen molar-refractivity contribution in [3.05, 3.63) is 48.0 Å². The van der Waals surface area contributed by atoms with Gasteiger partial charge in [0.25, 0.3) is 0 Å². The Hall–Kier alpha value is -3.13. The van der Waals surface area contributed by atoms with Crippen molar-refractivity contribution in [2.75, 3.05) is 40.8 Å². The van der Waals surface area contributed by atoms with Crippen LogP contribution in [0, 0.1) is 0 Å². The Bertz CT molecular complexity index is 905. The van der Waals surface area contributed by atoms with Crippen molar-refractivity contribution in [3.63, 3.8) is 0 Å². The largest absolute Gasteiger partial charge is 0.496 e. The number of hydrogen-bond acceptors (Lipinski definition) is 7. The Morgan fingerprint density at radius 2 is 1.46 bits per heavy atom. The van der Waals surface area contributed by atoms with Crippen molar-refractivity contribution >= 4 is 27.4 Å². The van der Waals surface area contributed by atoms with Gasteiger partial charge in [0.05, 0.1) is 45.1 Å². The molecule has 152 valence electrons. The van der Waals surface area contributed by atoms with E-state index >= 15 is 0 Å². The Labute approximate surface area is 167 Å². The van der Waals surface area contributed by atoms with E-state index < -0.39 is 10.3 Å². The van der Waals surface area contributed by atoms with Crippen molar-refractivity contribution in [1.82, 2.24) is 0 Å². The summed E-state index contributed by atoms with van der Waals surface area (Å²) in [4.78, 5) is 0. The van der Waals surface area contributed by atoms with Gasteiger partial charge >= 0.3 is 0 Å². The van der Waals surface area contributed by atoms with Gasteiger partial charge < -0.3 is 24.3 Å². The fourth-order valence-corrected chi connectivity index (χ4v) is 2.71. The van der Waals surface area contributed by atoms with E-state index in [4.69, 9.17) is 18.9 Å². The highest BCUT2D eigenvalue weighted by Crippen LogP contribution is 2.34. The second-order valence-electron chi connectivity index (χ2n) is 5.24. The molecule has 0 unspecified atom stereocenters. The first-order chi connectivity index (χ1) is 13.4. The summed E-state index contributed by atoms with van der Waals surface area (Å²) >= 11 is 0. The Kier molecular flexibility index (Phi) is 9.45. The monoisotopic (exact) mass is 407 g/mol. The average molecular weight is 407 g/mol. The van der Waals surface area contributed by atoms with Crippen LogP contribution in [0.25, 0.3) is 6.08 Å². The van der Waals surface area contributed by atoms with Crippen LogP contribution in [0.5, 0.6) is 23.0 Å². The number of hydrogen-bond donors (Lipinski definition) is 1. The van der Waals surface area contributed by atoms with Gasteiger partial charge in [-0.15, -0.1) is 0 Å². The highest BCUT2D eigenvalue weighted by atomic mass is 32.2. The van der Waals surface area contributed by atoms with Gasteiger partial charge in [-0.05, 0) is 17.7 Å². The lowest BCUT2D eigenvalue weighted by Crippen LogP contribution is -1.95. The molecule has 0 spiro atoms. The second-order valence-corrected chi connectivity index (χ2v) is 5.99. The third kappa shape index (κ3) is 6.24. The topological polar surface area (TPSA) is 83.1 Å². The van der Waals surface area contributed by atoms with E-state index in [1.807, 2.05) is 0 Å². The maximum absolute atomic E-state index is 10.4. The fourth-order valence-electron chi connectivity index (χ4n) is 2.34. The molecule has 1 N–H and O–H groups in total. The van der Waals surface area contributed by atoms with E-state index in [9.17, 15) is 8.42 Å². The minimum absolute atomic E-state index is 0.614. The van der Waals surface area contributed by atoms with Gasteiger partial charge in [-0.2, -0.15) is 8.42 Å². The summed E-state index contributed by atoms with van der Waals surface area (Å²) in [5, 5.41) is 4.05. The van der Waals surface area contributed by atoms with Gasteiger partial charge in [0.15, 0.2) is 0 Å². The number of ether oxygens (including phenoxy) is 4. The molecule has 0 atom stereocenters.